The number of hydrogen-bond acceptors (Lipinski definition) is 6. The zero-order valence-corrected chi connectivity index (χ0v) is 16.1. The summed E-state index contributed by atoms with van der Waals surface area (Å²) in [7, 11) is 4.67. The number of hydrogen-bond donors (Lipinski definition) is 1. The Morgan fingerprint density at radius 1 is 1.00 bits per heavy atom. The second-order valence-corrected chi connectivity index (χ2v) is 5.65. The molecule has 1 aromatic heterocycles. The van der Waals surface area contributed by atoms with Gasteiger partial charge in [-0.05, 0) is 35.2 Å². The number of pyridine rings is 1. The molecule has 0 unspecified atom stereocenters. The van der Waals surface area contributed by atoms with E-state index in [1.54, 1.807) is 57.9 Å². The Balaban J connectivity index is 0.00000261. The van der Waals surface area contributed by atoms with Gasteiger partial charge in [0.15, 0.2) is 11.5 Å². The van der Waals surface area contributed by atoms with Crippen LogP contribution in [-0.4, -0.2) is 32.1 Å². The first kappa shape index (κ1) is 20.5. The van der Waals surface area contributed by atoms with Crippen LogP contribution in [0.5, 0.6) is 17.2 Å². The number of aromatic nitrogens is 1. The first-order valence-electron chi connectivity index (χ1n) is 8.05. The quantitative estimate of drug-likeness (QED) is 0.652. The lowest BCUT2D eigenvalue weighted by Gasteiger charge is -2.13. The van der Waals surface area contributed by atoms with E-state index in [4.69, 9.17) is 19.9 Å². The predicted molar refractivity (Wildman–Crippen MR) is 106 cm³/mol. The summed E-state index contributed by atoms with van der Waals surface area (Å²) in [6.45, 7) is 0.298. The Morgan fingerprint density at radius 3 is 2.26 bits per heavy atom. The molecule has 2 N–H and O–H groups in total. The fourth-order valence-corrected chi connectivity index (χ4v) is 2.87. The SMILES string of the molecule is COc1cccc(C(=O)c2ncc(CN)c3cc(OC)c(OC)cc23)c1.Cl. The first-order chi connectivity index (χ1) is 12.6. The minimum atomic E-state index is -0.204. The van der Waals surface area contributed by atoms with E-state index in [0.717, 1.165) is 10.9 Å². The van der Waals surface area contributed by atoms with Crippen LogP contribution in [0, 0.1) is 0 Å². The number of nitrogens with two attached hydrogens (primary N) is 1. The molecule has 0 radical (unpaired) electrons. The highest BCUT2D eigenvalue weighted by atomic mass is 35.5. The van der Waals surface area contributed by atoms with Crippen molar-refractivity contribution >= 4 is 29.0 Å². The lowest BCUT2D eigenvalue weighted by atomic mass is 9.99. The van der Waals surface area contributed by atoms with Crippen LogP contribution in [0.3, 0.4) is 0 Å². The van der Waals surface area contributed by atoms with Gasteiger partial charge in [0.05, 0.1) is 21.3 Å². The fourth-order valence-electron chi connectivity index (χ4n) is 2.87. The fraction of sp³-hybridized carbons (Fsp3) is 0.200. The third-order valence-corrected chi connectivity index (χ3v) is 4.24. The van der Waals surface area contributed by atoms with Crippen LogP contribution >= 0.6 is 12.4 Å². The van der Waals surface area contributed by atoms with Crippen LogP contribution in [0.25, 0.3) is 10.8 Å². The zero-order chi connectivity index (χ0) is 18.7. The second-order valence-electron chi connectivity index (χ2n) is 5.65. The van der Waals surface area contributed by atoms with Crippen molar-refractivity contribution in [1.29, 1.82) is 0 Å². The molecule has 6 nitrogen and oxygen atoms in total. The topological polar surface area (TPSA) is 83.7 Å². The Kier molecular flexibility index (Phi) is 6.60. The first-order valence-corrected chi connectivity index (χ1v) is 8.05. The van der Waals surface area contributed by atoms with E-state index in [1.165, 1.54) is 0 Å². The largest absolute Gasteiger partial charge is 0.497 e. The summed E-state index contributed by atoms with van der Waals surface area (Å²) in [6.07, 6.45) is 1.63. The maximum Gasteiger partial charge on any atom is 0.212 e. The van der Waals surface area contributed by atoms with E-state index in [2.05, 4.69) is 4.98 Å². The Labute approximate surface area is 163 Å². The van der Waals surface area contributed by atoms with Crippen molar-refractivity contribution in [1.82, 2.24) is 4.98 Å². The molecule has 0 saturated carbocycles. The van der Waals surface area contributed by atoms with Crippen molar-refractivity contribution in [3.05, 3.63) is 59.4 Å². The highest BCUT2D eigenvalue weighted by Crippen LogP contribution is 2.35. The van der Waals surface area contributed by atoms with Gasteiger partial charge in [-0.2, -0.15) is 0 Å². The second kappa shape index (κ2) is 8.70. The molecule has 3 rings (SSSR count). The number of carbonyl (C=O) groups is 1. The summed E-state index contributed by atoms with van der Waals surface area (Å²) in [5.74, 6) is 1.50. The van der Waals surface area contributed by atoms with Crippen molar-refractivity contribution in [2.75, 3.05) is 21.3 Å². The summed E-state index contributed by atoms with van der Waals surface area (Å²) in [5.41, 5.74) is 7.48. The minimum absolute atomic E-state index is 0. The van der Waals surface area contributed by atoms with Gasteiger partial charge in [-0.3, -0.25) is 9.78 Å². The molecule has 27 heavy (non-hydrogen) atoms. The summed E-state index contributed by atoms with van der Waals surface area (Å²) in [4.78, 5) is 17.4. The van der Waals surface area contributed by atoms with Crippen molar-refractivity contribution in [3.8, 4) is 17.2 Å². The number of carbonyl (C=O) groups excluding carboxylic acids is 1. The zero-order valence-electron chi connectivity index (χ0n) is 15.3. The Hall–Kier alpha value is -2.83. The van der Waals surface area contributed by atoms with Crippen LogP contribution < -0.4 is 19.9 Å². The average molecular weight is 389 g/mol. The summed E-state index contributed by atoms with van der Waals surface area (Å²) < 4.78 is 16.0. The Morgan fingerprint density at radius 2 is 1.67 bits per heavy atom. The van der Waals surface area contributed by atoms with Crippen LogP contribution in [-0.2, 0) is 6.54 Å². The van der Waals surface area contributed by atoms with E-state index in [9.17, 15) is 4.79 Å². The minimum Gasteiger partial charge on any atom is -0.497 e. The standard InChI is InChI=1S/C20H20N2O4.ClH/c1-24-14-6-4-5-12(7-14)20(23)19-16-9-18(26-3)17(25-2)8-15(16)13(10-21)11-22-19;/h4-9,11H,10,21H2,1-3H3;1H. The van der Waals surface area contributed by atoms with Crippen LogP contribution in [0.15, 0.2) is 42.6 Å². The average Bonchev–Trinajstić information content (AvgIpc) is 2.71. The van der Waals surface area contributed by atoms with E-state index >= 15 is 0 Å². The molecule has 0 aliphatic rings. The third kappa shape index (κ3) is 3.82. The molecule has 0 spiro atoms. The summed E-state index contributed by atoms with van der Waals surface area (Å²) >= 11 is 0. The highest BCUT2D eigenvalue weighted by molar-refractivity contribution is 6.15. The molecule has 1 heterocycles. The van der Waals surface area contributed by atoms with Gasteiger partial charge < -0.3 is 19.9 Å². The molecule has 0 fully saturated rings. The molecule has 3 aromatic rings. The van der Waals surface area contributed by atoms with Crippen LogP contribution in [0.4, 0.5) is 0 Å². The smallest absolute Gasteiger partial charge is 0.212 e. The van der Waals surface area contributed by atoms with E-state index in [-0.39, 0.29) is 18.2 Å². The lowest BCUT2D eigenvalue weighted by molar-refractivity contribution is 0.103. The molecule has 0 aliphatic carbocycles. The van der Waals surface area contributed by atoms with Crippen molar-refractivity contribution in [2.24, 2.45) is 5.73 Å². The van der Waals surface area contributed by atoms with Crippen molar-refractivity contribution < 1.29 is 19.0 Å². The monoisotopic (exact) mass is 388 g/mol. The van der Waals surface area contributed by atoms with Gasteiger partial charge >= 0.3 is 0 Å². The normalized spacial score (nSPS) is 10.2. The van der Waals surface area contributed by atoms with Gasteiger partial charge in [-0.1, -0.05) is 12.1 Å². The number of nitrogens with zero attached hydrogens (tertiary/aromatic N) is 1. The van der Waals surface area contributed by atoms with Crippen molar-refractivity contribution in [2.45, 2.75) is 6.54 Å². The molecule has 0 saturated heterocycles. The number of ketones is 1. The van der Waals surface area contributed by atoms with Gasteiger partial charge in [0.1, 0.15) is 11.4 Å². The van der Waals surface area contributed by atoms with E-state index < -0.39 is 0 Å². The van der Waals surface area contributed by atoms with Gasteiger partial charge in [0.2, 0.25) is 5.78 Å². The number of fused-ring (bicyclic) bond motifs is 1. The summed E-state index contributed by atoms with van der Waals surface area (Å²) in [6, 6.07) is 10.6. The third-order valence-electron chi connectivity index (χ3n) is 4.24. The Bertz CT molecular complexity index is 976. The van der Waals surface area contributed by atoms with Crippen molar-refractivity contribution in [3.63, 3.8) is 0 Å². The molecule has 142 valence electrons. The molecule has 0 aliphatic heterocycles. The molecule has 7 heteroatoms. The number of ether oxygens (including phenoxy) is 3. The van der Waals surface area contributed by atoms with Crippen LogP contribution in [0.1, 0.15) is 21.6 Å². The molecule has 0 amide bonds. The van der Waals surface area contributed by atoms with Gasteiger partial charge in [0.25, 0.3) is 0 Å². The molecular weight excluding hydrogens is 368 g/mol. The maximum atomic E-state index is 13.1. The maximum absolute atomic E-state index is 13.1. The molecule has 2 aromatic carbocycles. The van der Waals surface area contributed by atoms with Gasteiger partial charge in [-0.15, -0.1) is 12.4 Å². The lowest BCUT2D eigenvalue weighted by Crippen LogP contribution is -2.08. The van der Waals surface area contributed by atoms with Gasteiger partial charge in [0, 0.05) is 23.7 Å². The molecule has 0 atom stereocenters. The summed E-state index contributed by atoms with van der Waals surface area (Å²) in [5, 5.41) is 1.48. The number of methoxy groups -OCH3 is 3. The molecular formula is C20H21ClN2O4. The predicted octanol–water partition coefficient (Wildman–Crippen LogP) is 3.37. The number of benzene rings is 2. The highest BCUT2D eigenvalue weighted by Gasteiger charge is 2.19. The number of halogens is 1. The van der Waals surface area contributed by atoms with Crippen LogP contribution in [0.2, 0.25) is 0 Å². The van der Waals surface area contributed by atoms with E-state index in [0.29, 0.717) is 40.4 Å². The van der Waals surface area contributed by atoms with Gasteiger partial charge in [-0.25, -0.2) is 0 Å². The molecule has 0 bridgehead atoms. The van der Waals surface area contributed by atoms with E-state index in [1.807, 2.05) is 6.07 Å². The number of rotatable bonds is 6.